The molecule has 0 aliphatic carbocycles. The number of fused-ring (bicyclic) bond motifs is 1. The quantitative estimate of drug-likeness (QED) is 0.590. The molecule has 0 amide bonds. The van der Waals surface area contributed by atoms with E-state index in [4.69, 9.17) is 5.73 Å². The van der Waals surface area contributed by atoms with E-state index in [2.05, 4.69) is 19.9 Å². The number of halogens is 3. The van der Waals surface area contributed by atoms with Crippen molar-refractivity contribution in [3.05, 3.63) is 29.8 Å². The number of aromatic hydroxyl groups is 1. The zero-order valence-corrected chi connectivity index (χ0v) is 9.65. The van der Waals surface area contributed by atoms with Crippen LogP contribution in [0.4, 0.5) is 19.0 Å². The van der Waals surface area contributed by atoms with Crippen LogP contribution in [0.5, 0.6) is 5.75 Å². The third kappa shape index (κ3) is 1.63. The highest BCUT2D eigenvalue weighted by Crippen LogP contribution is 2.32. The van der Waals surface area contributed by atoms with Crippen LogP contribution in [-0.4, -0.2) is 25.0 Å². The lowest BCUT2D eigenvalue weighted by Gasteiger charge is -2.03. The number of hydrogen-bond acceptors (Lipinski definition) is 5. The average molecular weight is 281 g/mol. The predicted molar refractivity (Wildman–Crippen MR) is 63.1 cm³/mol. The smallest absolute Gasteiger partial charge is 0.203 e. The molecule has 0 radical (unpaired) electrons. The third-order valence-corrected chi connectivity index (χ3v) is 2.71. The lowest BCUT2D eigenvalue weighted by atomic mass is 10.1. The second-order valence-corrected chi connectivity index (χ2v) is 3.93. The fourth-order valence-electron chi connectivity index (χ4n) is 1.74. The topological polar surface area (TPSA) is 101 Å². The highest BCUT2D eigenvalue weighted by Gasteiger charge is 2.21. The summed E-state index contributed by atoms with van der Waals surface area (Å²) in [6.07, 6.45) is 1.15. The van der Waals surface area contributed by atoms with E-state index in [1.807, 2.05) is 0 Å². The van der Waals surface area contributed by atoms with Crippen LogP contribution in [0.3, 0.4) is 0 Å². The normalized spacial score (nSPS) is 11.2. The molecule has 0 spiro atoms. The van der Waals surface area contributed by atoms with Gasteiger partial charge in [0.25, 0.3) is 0 Å². The van der Waals surface area contributed by atoms with Crippen LogP contribution in [0.1, 0.15) is 0 Å². The van der Waals surface area contributed by atoms with Crippen LogP contribution in [-0.2, 0) is 0 Å². The molecule has 0 aliphatic heterocycles. The van der Waals surface area contributed by atoms with Gasteiger partial charge in [0.2, 0.25) is 5.82 Å². The minimum absolute atomic E-state index is 0.0703. The summed E-state index contributed by atoms with van der Waals surface area (Å²) in [7, 11) is 0. The van der Waals surface area contributed by atoms with Gasteiger partial charge in [-0.05, 0) is 6.07 Å². The minimum Gasteiger partial charge on any atom is -0.503 e. The molecule has 0 saturated heterocycles. The number of anilines is 1. The van der Waals surface area contributed by atoms with E-state index in [0.29, 0.717) is 6.07 Å². The number of benzene rings is 1. The Hall–Kier alpha value is -2.84. The van der Waals surface area contributed by atoms with Gasteiger partial charge in [-0.2, -0.15) is 4.39 Å². The van der Waals surface area contributed by atoms with Crippen molar-refractivity contribution in [2.45, 2.75) is 0 Å². The Bertz CT molecular complexity index is 833. The number of nitrogens with zero attached hydrogens (tertiary/aromatic N) is 3. The van der Waals surface area contributed by atoms with E-state index in [9.17, 15) is 18.3 Å². The van der Waals surface area contributed by atoms with Crippen LogP contribution in [0.25, 0.3) is 22.6 Å². The molecule has 0 fully saturated rings. The Morgan fingerprint density at radius 2 is 1.90 bits per heavy atom. The van der Waals surface area contributed by atoms with E-state index in [0.717, 1.165) is 6.33 Å². The summed E-state index contributed by atoms with van der Waals surface area (Å²) in [5, 5.41) is 9.17. The number of nitrogens with one attached hydrogen (secondary N) is 1. The minimum atomic E-state index is -1.67. The summed E-state index contributed by atoms with van der Waals surface area (Å²) in [6.45, 7) is 0. The fourth-order valence-corrected chi connectivity index (χ4v) is 1.74. The first-order valence-corrected chi connectivity index (χ1v) is 5.32. The molecular formula is C11H6F3N5O. The lowest BCUT2D eigenvalue weighted by Crippen LogP contribution is -1.94. The molecule has 4 N–H and O–H groups in total. The van der Waals surface area contributed by atoms with E-state index in [-0.39, 0.29) is 22.8 Å². The van der Waals surface area contributed by atoms with Gasteiger partial charge in [-0.25, -0.2) is 23.7 Å². The number of nitrogen functional groups attached to an aromatic ring is 1. The Morgan fingerprint density at radius 3 is 2.60 bits per heavy atom. The van der Waals surface area contributed by atoms with Crippen molar-refractivity contribution >= 4 is 17.0 Å². The summed E-state index contributed by atoms with van der Waals surface area (Å²) >= 11 is 0. The number of aromatic nitrogens is 4. The van der Waals surface area contributed by atoms with Gasteiger partial charge in [0, 0.05) is 0 Å². The first-order chi connectivity index (χ1) is 9.49. The molecule has 1 aromatic carbocycles. The molecular weight excluding hydrogens is 275 g/mol. The van der Waals surface area contributed by atoms with Crippen molar-refractivity contribution in [3.8, 4) is 17.1 Å². The van der Waals surface area contributed by atoms with Crippen molar-refractivity contribution in [2.24, 2.45) is 0 Å². The molecule has 2 aromatic heterocycles. The monoisotopic (exact) mass is 281 g/mol. The fraction of sp³-hybridized carbons (Fsp3) is 0. The highest BCUT2D eigenvalue weighted by molar-refractivity contribution is 5.84. The van der Waals surface area contributed by atoms with E-state index in [1.165, 1.54) is 0 Å². The largest absolute Gasteiger partial charge is 0.503 e. The molecule has 0 bridgehead atoms. The standard InChI is InChI=1S/C11H6F3N5O/c12-4-1-3(5(13)8(20)6(4)14)10-18-7-9(15)16-2-17-11(7)19-10/h1-2,20H,(H3,15,16,17,18,19). The predicted octanol–water partition coefficient (Wildman–Crippen LogP) is 1.72. The highest BCUT2D eigenvalue weighted by atomic mass is 19.2. The summed E-state index contributed by atoms with van der Waals surface area (Å²) < 4.78 is 40.0. The van der Waals surface area contributed by atoms with Crippen molar-refractivity contribution in [1.82, 2.24) is 19.9 Å². The second kappa shape index (κ2) is 4.08. The number of phenols is 1. The maximum absolute atomic E-state index is 13.8. The first-order valence-electron chi connectivity index (χ1n) is 5.32. The summed E-state index contributed by atoms with van der Waals surface area (Å²) in [4.78, 5) is 14.0. The van der Waals surface area contributed by atoms with Gasteiger partial charge in [-0.15, -0.1) is 0 Å². The van der Waals surface area contributed by atoms with Crippen molar-refractivity contribution in [2.75, 3.05) is 5.73 Å². The molecule has 0 aliphatic rings. The molecule has 3 rings (SSSR count). The van der Waals surface area contributed by atoms with Gasteiger partial charge < -0.3 is 15.8 Å². The van der Waals surface area contributed by atoms with Crippen LogP contribution < -0.4 is 5.73 Å². The van der Waals surface area contributed by atoms with Crippen molar-refractivity contribution in [3.63, 3.8) is 0 Å². The van der Waals surface area contributed by atoms with Crippen molar-refractivity contribution < 1.29 is 18.3 Å². The summed E-state index contributed by atoms with van der Waals surface area (Å²) in [6, 6.07) is 0.575. The molecule has 102 valence electrons. The molecule has 0 saturated carbocycles. The summed E-state index contributed by atoms with van der Waals surface area (Å²) in [5.74, 6) is -5.91. The molecule has 9 heteroatoms. The van der Waals surface area contributed by atoms with E-state index in [1.54, 1.807) is 0 Å². The molecule has 3 aromatic rings. The van der Waals surface area contributed by atoms with Gasteiger partial charge in [0.05, 0.1) is 5.56 Å². The van der Waals surface area contributed by atoms with Crippen LogP contribution >= 0.6 is 0 Å². The Labute approximate surface area is 109 Å². The lowest BCUT2D eigenvalue weighted by molar-refractivity contribution is 0.377. The molecule has 6 nitrogen and oxygen atoms in total. The maximum atomic E-state index is 13.8. The SMILES string of the molecule is Nc1ncnc2nc(-c3cc(F)c(F)c(O)c3F)[nH]c12. The number of H-pyrrole nitrogens is 1. The Kier molecular flexibility index (Phi) is 2.49. The molecule has 20 heavy (non-hydrogen) atoms. The summed E-state index contributed by atoms with van der Waals surface area (Å²) in [5.41, 5.74) is 5.49. The Balaban J connectivity index is 2.29. The average Bonchev–Trinajstić information content (AvgIpc) is 2.86. The van der Waals surface area contributed by atoms with Crippen LogP contribution in [0.2, 0.25) is 0 Å². The number of phenolic OH excluding ortho intramolecular Hbond substituents is 1. The Morgan fingerprint density at radius 1 is 1.15 bits per heavy atom. The maximum Gasteiger partial charge on any atom is 0.203 e. The number of aromatic amines is 1. The van der Waals surface area contributed by atoms with Gasteiger partial charge in [-0.1, -0.05) is 0 Å². The first kappa shape index (κ1) is 12.2. The number of imidazole rings is 1. The van der Waals surface area contributed by atoms with E-state index < -0.39 is 28.8 Å². The van der Waals surface area contributed by atoms with Crippen molar-refractivity contribution in [1.29, 1.82) is 0 Å². The molecule has 0 unspecified atom stereocenters. The second-order valence-electron chi connectivity index (χ2n) is 3.93. The zero-order chi connectivity index (χ0) is 14.4. The number of hydrogen-bond donors (Lipinski definition) is 3. The van der Waals surface area contributed by atoms with Gasteiger partial charge in [0.1, 0.15) is 17.7 Å². The third-order valence-electron chi connectivity index (χ3n) is 2.71. The van der Waals surface area contributed by atoms with E-state index >= 15 is 0 Å². The number of rotatable bonds is 1. The molecule has 0 atom stereocenters. The zero-order valence-electron chi connectivity index (χ0n) is 9.65. The van der Waals surface area contributed by atoms with Crippen LogP contribution in [0.15, 0.2) is 12.4 Å². The molecule has 2 heterocycles. The van der Waals surface area contributed by atoms with Crippen LogP contribution in [0, 0.1) is 17.5 Å². The van der Waals surface area contributed by atoms with Gasteiger partial charge in [0.15, 0.2) is 28.8 Å². The number of nitrogens with two attached hydrogens (primary N) is 1. The van der Waals surface area contributed by atoms with Gasteiger partial charge >= 0.3 is 0 Å². The van der Waals surface area contributed by atoms with Gasteiger partial charge in [-0.3, -0.25) is 0 Å².